The van der Waals surface area contributed by atoms with E-state index in [4.69, 9.17) is 9.47 Å². The highest BCUT2D eigenvalue weighted by Gasteiger charge is 2.40. The van der Waals surface area contributed by atoms with Crippen LogP contribution in [0.15, 0.2) is 0 Å². The average Bonchev–Trinajstić information content (AvgIpc) is 2.84. The van der Waals surface area contributed by atoms with Crippen LogP contribution in [0.3, 0.4) is 0 Å². The van der Waals surface area contributed by atoms with Crippen molar-refractivity contribution in [2.75, 3.05) is 13.2 Å². The molecule has 1 aliphatic rings. The minimum atomic E-state index is -1.45. The van der Waals surface area contributed by atoms with E-state index in [0.717, 1.165) is 24.7 Å². The average molecular weight is 413 g/mol. The van der Waals surface area contributed by atoms with Crippen LogP contribution in [0.25, 0.3) is 0 Å². The molecule has 1 aromatic heterocycles. The summed E-state index contributed by atoms with van der Waals surface area (Å²) in [5, 5.41) is 0. The van der Waals surface area contributed by atoms with Gasteiger partial charge in [0.05, 0.1) is 29.4 Å². The van der Waals surface area contributed by atoms with Crippen molar-refractivity contribution in [2.24, 2.45) is 5.41 Å². The lowest BCUT2D eigenvalue weighted by Crippen LogP contribution is -2.40. The first-order valence-electron chi connectivity index (χ1n) is 10.5. The van der Waals surface area contributed by atoms with Gasteiger partial charge in [-0.25, -0.2) is 0 Å². The maximum absolute atomic E-state index is 6.63. The molecule has 0 saturated carbocycles. The van der Waals surface area contributed by atoms with E-state index in [1.165, 1.54) is 47.5 Å². The van der Waals surface area contributed by atoms with Crippen LogP contribution in [0.5, 0.6) is 11.5 Å². The Labute approximate surface area is 167 Å². The van der Waals surface area contributed by atoms with Crippen molar-refractivity contribution >= 4 is 36.5 Å². The Bertz CT molecular complexity index is 546. The van der Waals surface area contributed by atoms with E-state index in [9.17, 15) is 0 Å². The molecule has 5 heteroatoms. The van der Waals surface area contributed by atoms with Gasteiger partial charge in [0.1, 0.15) is 0 Å². The summed E-state index contributed by atoms with van der Waals surface area (Å²) in [5.74, 6) is 2.25. The second kappa shape index (κ2) is 8.40. The van der Waals surface area contributed by atoms with Gasteiger partial charge in [0.15, 0.2) is 11.5 Å². The molecule has 0 N–H and O–H groups in total. The summed E-state index contributed by atoms with van der Waals surface area (Å²) in [6.45, 7) is 20.8. The Morgan fingerprint density at radius 2 is 1.15 bits per heavy atom. The summed E-state index contributed by atoms with van der Waals surface area (Å²) in [4.78, 5) is 0. The van der Waals surface area contributed by atoms with Gasteiger partial charge in [-0.2, -0.15) is 0 Å². The number of unbranched alkanes of at least 4 members (excludes halogenated alkanes) is 2. The first-order valence-corrected chi connectivity index (χ1v) is 18.3. The zero-order valence-electron chi connectivity index (χ0n) is 18.4. The maximum atomic E-state index is 6.63. The number of fused-ring (bicyclic) bond motifs is 1. The molecule has 1 aromatic rings. The monoisotopic (exact) mass is 412 g/mol. The molecule has 0 amide bonds. The fraction of sp³-hybridized carbons (Fsp3) is 0.810. The van der Waals surface area contributed by atoms with Crippen molar-refractivity contribution in [1.82, 2.24) is 0 Å². The number of hydrogen-bond acceptors (Lipinski definition) is 3. The zero-order chi connectivity index (χ0) is 19.6. The van der Waals surface area contributed by atoms with Gasteiger partial charge in [0.2, 0.25) is 0 Å². The van der Waals surface area contributed by atoms with Gasteiger partial charge in [-0.15, -0.1) is 11.3 Å². The minimum Gasteiger partial charge on any atom is -0.488 e. The Morgan fingerprint density at radius 1 is 0.769 bits per heavy atom. The molecule has 0 fully saturated rings. The molecule has 1 aliphatic heterocycles. The fourth-order valence-corrected chi connectivity index (χ4v) is 9.45. The van der Waals surface area contributed by atoms with Gasteiger partial charge in [-0.3, -0.25) is 0 Å². The lowest BCUT2D eigenvalue weighted by atomic mass is 9.79. The summed E-state index contributed by atoms with van der Waals surface area (Å²) < 4.78 is 16.3. The third kappa shape index (κ3) is 4.96. The lowest BCUT2D eigenvalue weighted by Gasteiger charge is -2.31. The van der Waals surface area contributed by atoms with Gasteiger partial charge in [-0.1, -0.05) is 78.8 Å². The molecule has 0 bridgehead atoms. The van der Waals surface area contributed by atoms with Crippen LogP contribution in [-0.4, -0.2) is 29.4 Å². The minimum absolute atomic E-state index is 0.191. The van der Waals surface area contributed by atoms with Gasteiger partial charge in [0.25, 0.3) is 0 Å². The molecule has 2 rings (SSSR count). The molecule has 150 valence electrons. The molecule has 2 nitrogen and oxygen atoms in total. The van der Waals surface area contributed by atoms with Crippen molar-refractivity contribution in [3.05, 3.63) is 0 Å². The fourth-order valence-electron chi connectivity index (χ4n) is 3.66. The van der Waals surface area contributed by atoms with E-state index in [1.54, 1.807) is 0 Å². The van der Waals surface area contributed by atoms with Crippen LogP contribution in [-0.2, 0) is 0 Å². The third-order valence-corrected chi connectivity index (χ3v) is 13.6. The summed E-state index contributed by atoms with van der Waals surface area (Å²) >= 11 is 2.01. The Balaban J connectivity index is 2.41. The number of ether oxygens (including phenoxy) is 2. The smallest absolute Gasteiger partial charge is 0.170 e. The van der Waals surface area contributed by atoms with Crippen molar-refractivity contribution in [2.45, 2.75) is 91.7 Å². The SMILES string of the molecule is CCCCC1(CCCC)COc2c([Si](C)(C)C)sc([Si](C)(C)C)c2OC1. The van der Waals surface area contributed by atoms with Crippen molar-refractivity contribution in [3.63, 3.8) is 0 Å². The highest BCUT2D eigenvalue weighted by atomic mass is 32.1. The highest BCUT2D eigenvalue weighted by Crippen LogP contribution is 2.41. The second-order valence-corrected chi connectivity index (χ2v) is 21.9. The zero-order valence-corrected chi connectivity index (χ0v) is 21.2. The molecule has 0 aliphatic carbocycles. The first-order chi connectivity index (χ1) is 12.0. The van der Waals surface area contributed by atoms with Crippen molar-refractivity contribution in [3.8, 4) is 11.5 Å². The number of hydrogen-bond donors (Lipinski definition) is 0. The van der Waals surface area contributed by atoms with E-state index in [2.05, 4.69) is 53.1 Å². The van der Waals surface area contributed by atoms with Gasteiger partial charge < -0.3 is 9.47 Å². The van der Waals surface area contributed by atoms with E-state index in [-0.39, 0.29) is 5.41 Å². The quantitative estimate of drug-likeness (QED) is 0.489. The molecule has 0 atom stereocenters. The summed E-state index contributed by atoms with van der Waals surface area (Å²) in [6, 6.07) is 0. The van der Waals surface area contributed by atoms with Crippen LogP contribution in [0, 0.1) is 5.41 Å². The predicted molar refractivity (Wildman–Crippen MR) is 123 cm³/mol. The van der Waals surface area contributed by atoms with Gasteiger partial charge in [-0.05, 0) is 12.8 Å². The molecule has 0 radical (unpaired) electrons. The van der Waals surface area contributed by atoms with E-state index in [1.807, 2.05) is 11.3 Å². The van der Waals surface area contributed by atoms with Crippen molar-refractivity contribution in [1.29, 1.82) is 0 Å². The Kier molecular flexibility index (Phi) is 7.11. The molecule has 0 unspecified atom stereocenters. The van der Waals surface area contributed by atoms with Crippen LogP contribution < -0.4 is 18.5 Å². The molecule has 26 heavy (non-hydrogen) atoms. The lowest BCUT2D eigenvalue weighted by molar-refractivity contribution is 0.0798. The predicted octanol–water partition coefficient (Wildman–Crippen LogP) is 5.98. The Hall–Kier alpha value is -0.266. The number of rotatable bonds is 8. The van der Waals surface area contributed by atoms with Crippen LogP contribution in [0.2, 0.25) is 39.3 Å². The largest absolute Gasteiger partial charge is 0.488 e. The molecule has 0 spiro atoms. The van der Waals surface area contributed by atoms with E-state index in [0.29, 0.717) is 0 Å². The summed E-state index contributed by atoms with van der Waals surface area (Å²) in [5.41, 5.74) is 0.191. The first kappa shape index (κ1) is 22.0. The number of thiophene rings is 1. The van der Waals surface area contributed by atoms with Gasteiger partial charge in [0, 0.05) is 14.4 Å². The van der Waals surface area contributed by atoms with Crippen molar-refractivity contribution < 1.29 is 9.47 Å². The van der Waals surface area contributed by atoms with Gasteiger partial charge >= 0.3 is 0 Å². The molecule has 0 saturated heterocycles. The maximum Gasteiger partial charge on any atom is 0.170 e. The van der Waals surface area contributed by atoms with E-state index < -0.39 is 16.1 Å². The van der Waals surface area contributed by atoms with Crippen LogP contribution >= 0.6 is 11.3 Å². The normalized spacial score (nSPS) is 17.2. The van der Waals surface area contributed by atoms with Crippen LogP contribution in [0.4, 0.5) is 0 Å². The Morgan fingerprint density at radius 3 is 1.46 bits per heavy atom. The molecule has 2 heterocycles. The molecule has 0 aromatic carbocycles. The highest BCUT2D eigenvalue weighted by molar-refractivity contribution is 7.36. The molecular weight excluding hydrogens is 372 g/mol. The summed E-state index contributed by atoms with van der Waals surface area (Å²) in [7, 11) is -2.91. The van der Waals surface area contributed by atoms with E-state index >= 15 is 0 Å². The summed E-state index contributed by atoms with van der Waals surface area (Å²) in [6.07, 6.45) is 7.48. The third-order valence-electron chi connectivity index (χ3n) is 5.35. The topological polar surface area (TPSA) is 18.5 Å². The molecular formula is C21H40O2SSi2. The second-order valence-electron chi connectivity index (χ2n) is 10.2. The standard InChI is InChI=1S/C21H40O2SSi2/c1-9-11-13-21(14-12-10-2)15-22-17-18(23-16-21)20(26(6,7)8)24-19(17)25(3,4)5/h9-16H2,1-8H3. The van der Waals surface area contributed by atoms with Crippen LogP contribution in [0.1, 0.15) is 52.4 Å².